The van der Waals surface area contributed by atoms with Gasteiger partial charge in [0.15, 0.2) is 5.60 Å². The smallest absolute Gasteiger partial charge is 0.268 e. The lowest BCUT2D eigenvalue weighted by Gasteiger charge is -2.24. The van der Waals surface area contributed by atoms with E-state index >= 15 is 0 Å². The van der Waals surface area contributed by atoms with E-state index in [1.54, 1.807) is 4.90 Å². The van der Waals surface area contributed by atoms with E-state index in [-0.39, 0.29) is 5.91 Å². The zero-order chi connectivity index (χ0) is 21.7. The molecule has 0 aliphatic carbocycles. The summed E-state index contributed by atoms with van der Waals surface area (Å²) < 4.78 is 0. The number of benzene rings is 5. The van der Waals surface area contributed by atoms with Crippen molar-refractivity contribution in [2.24, 2.45) is 0 Å². The minimum atomic E-state index is -1.70. The predicted octanol–water partition coefficient (Wildman–Crippen LogP) is 5.78. The van der Waals surface area contributed by atoms with E-state index in [0.29, 0.717) is 17.7 Å². The van der Waals surface area contributed by atoms with E-state index in [9.17, 15) is 9.90 Å². The van der Waals surface area contributed by atoms with Gasteiger partial charge in [-0.3, -0.25) is 4.79 Å². The molecule has 1 heterocycles. The van der Waals surface area contributed by atoms with Crippen LogP contribution in [0.2, 0.25) is 0 Å². The van der Waals surface area contributed by atoms with Gasteiger partial charge < -0.3 is 10.0 Å². The van der Waals surface area contributed by atoms with Crippen LogP contribution in [0.5, 0.6) is 0 Å². The summed E-state index contributed by atoms with van der Waals surface area (Å²) in [6.07, 6.45) is 0. The molecule has 0 spiro atoms. The Balaban J connectivity index is 1.56. The Morgan fingerprint density at radius 2 is 1.25 bits per heavy atom. The minimum Gasteiger partial charge on any atom is -0.372 e. The van der Waals surface area contributed by atoms with E-state index in [1.807, 2.05) is 78.9 Å². The number of amides is 1. The van der Waals surface area contributed by atoms with Crippen molar-refractivity contribution in [2.45, 2.75) is 12.1 Å². The van der Waals surface area contributed by atoms with E-state index < -0.39 is 5.60 Å². The van der Waals surface area contributed by atoms with Crippen LogP contribution in [0.25, 0.3) is 21.5 Å². The van der Waals surface area contributed by atoms with Gasteiger partial charge in [0.05, 0.1) is 12.2 Å². The van der Waals surface area contributed by atoms with Crippen molar-refractivity contribution in [3.8, 4) is 0 Å². The number of para-hydroxylation sites is 1. The fourth-order valence-electron chi connectivity index (χ4n) is 4.99. The normalized spacial score (nSPS) is 17.8. The first-order valence-electron chi connectivity index (χ1n) is 10.8. The Kier molecular flexibility index (Phi) is 4.14. The van der Waals surface area contributed by atoms with E-state index in [0.717, 1.165) is 32.8 Å². The minimum absolute atomic E-state index is 0.318. The van der Waals surface area contributed by atoms with Gasteiger partial charge in [-0.2, -0.15) is 0 Å². The third-order valence-electron chi connectivity index (χ3n) is 6.53. The Labute approximate surface area is 186 Å². The van der Waals surface area contributed by atoms with Crippen LogP contribution in [0.3, 0.4) is 0 Å². The lowest BCUT2D eigenvalue weighted by atomic mass is 9.87. The second-order valence-electron chi connectivity index (χ2n) is 8.28. The van der Waals surface area contributed by atoms with Crippen molar-refractivity contribution in [3.05, 3.63) is 126 Å². The Bertz CT molecular complexity index is 1440. The van der Waals surface area contributed by atoms with Crippen molar-refractivity contribution in [1.82, 2.24) is 0 Å². The first kappa shape index (κ1) is 18.8. The zero-order valence-electron chi connectivity index (χ0n) is 17.4. The van der Waals surface area contributed by atoms with Gasteiger partial charge in [-0.25, -0.2) is 0 Å². The van der Waals surface area contributed by atoms with Crippen LogP contribution in [0.15, 0.2) is 109 Å². The highest BCUT2D eigenvalue weighted by Crippen LogP contribution is 2.45. The molecule has 5 aromatic rings. The summed E-state index contributed by atoms with van der Waals surface area (Å²) in [5.41, 5.74) is 1.35. The molecular formula is C29H21NO2. The van der Waals surface area contributed by atoms with E-state index in [1.165, 1.54) is 0 Å². The Hall–Kier alpha value is -3.95. The number of anilines is 1. The molecule has 1 aliphatic rings. The van der Waals surface area contributed by atoms with Crippen LogP contribution in [0.4, 0.5) is 5.69 Å². The van der Waals surface area contributed by atoms with Crippen LogP contribution >= 0.6 is 0 Å². The lowest BCUT2D eigenvalue weighted by Crippen LogP contribution is -2.40. The average Bonchev–Trinajstić information content (AvgIpc) is 3.07. The largest absolute Gasteiger partial charge is 0.372 e. The monoisotopic (exact) mass is 415 g/mol. The quantitative estimate of drug-likeness (QED) is 0.380. The lowest BCUT2D eigenvalue weighted by molar-refractivity contribution is -0.132. The number of aliphatic hydroxyl groups is 1. The van der Waals surface area contributed by atoms with Crippen molar-refractivity contribution in [3.63, 3.8) is 0 Å². The molecule has 154 valence electrons. The second kappa shape index (κ2) is 7.04. The van der Waals surface area contributed by atoms with Gasteiger partial charge >= 0.3 is 0 Å². The Morgan fingerprint density at radius 1 is 0.688 bits per heavy atom. The second-order valence-corrected chi connectivity index (χ2v) is 8.28. The molecule has 0 bridgehead atoms. The number of hydrogen-bond acceptors (Lipinski definition) is 2. The van der Waals surface area contributed by atoms with Crippen molar-refractivity contribution >= 4 is 33.1 Å². The zero-order valence-corrected chi connectivity index (χ0v) is 17.4. The van der Waals surface area contributed by atoms with E-state index in [2.05, 4.69) is 30.3 Å². The molecule has 32 heavy (non-hydrogen) atoms. The number of nitrogens with zero attached hydrogens (tertiary/aromatic N) is 1. The molecule has 3 nitrogen and oxygen atoms in total. The van der Waals surface area contributed by atoms with Crippen molar-refractivity contribution in [2.75, 3.05) is 4.90 Å². The summed E-state index contributed by atoms with van der Waals surface area (Å²) >= 11 is 0. The summed E-state index contributed by atoms with van der Waals surface area (Å²) in [5.74, 6) is -0.318. The summed E-state index contributed by atoms with van der Waals surface area (Å²) in [4.78, 5) is 15.6. The molecule has 1 N–H and O–H groups in total. The van der Waals surface area contributed by atoms with Crippen LogP contribution < -0.4 is 4.90 Å². The van der Waals surface area contributed by atoms with Gasteiger partial charge in [-0.15, -0.1) is 0 Å². The number of carbonyl (C=O) groups is 1. The molecule has 0 aromatic heterocycles. The molecule has 0 fully saturated rings. The maximum Gasteiger partial charge on any atom is 0.268 e. The topological polar surface area (TPSA) is 40.5 Å². The summed E-state index contributed by atoms with van der Waals surface area (Å²) in [7, 11) is 0. The predicted molar refractivity (Wildman–Crippen MR) is 129 cm³/mol. The fourth-order valence-corrected chi connectivity index (χ4v) is 4.99. The molecule has 6 rings (SSSR count). The van der Waals surface area contributed by atoms with Crippen molar-refractivity contribution < 1.29 is 9.90 Å². The number of fused-ring (bicyclic) bond motifs is 3. The van der Waals surface area contributed by atoms with Crippen LogP contribution in [0, 0.1) is 0 Å². The maximum atomic E-state index is 13.8. The molecule has 0 saturated heterocycles. The highest BCUT2D eigenvalue weighted by atomic mass is 16.3. The third kappa shape index (κ3) is 2.62. The maximum absolute atomic E-state index is 13.8. The standard InChI is InChI=1S/C29H21NO2/c31-28-29(32,22-12-2-1-3-13-22)26-16-8-9-17-27(26)30(28)19-25-23-14-6-4-10-20(23)18-21-11-5-7-15-24(21)25/h1-18,32H,19H2/t29-/m1/s1. The van der Waals surface area contributed by atoms with Gasteiger partial charge in [-0.05, 0) is 44.8 Å². The molecule has 3 heteroatoms. The first-order chi connectivity index (χ1) is 15.7. The van der Waals surface area contributed by atoms with Gasteiger partial charge in [0.1, 0.15) is 0 Å². The number of rotatable bonds is 3. The molecule has 1 aliphatic heterocycles. The molecule has 0 saturated carbocycles. The fraction of sp³-hybridized carbons (Fsp3) is 0.0690. The van der Waals surface area contributed by atoms with Crippen LogP contribution in [0.1, 0.15) is 16.7 Å². The number of carbonyl (C=O) groups excluding carboxylic acids is 1. The van der Waals surface area contributed by atoms with Gasteiger partial charge in [0, 0.05) is 5.56 Å². The van der Waals surface area contributed by atoms with Gasteiger partial charge in [-0.1, -0.05) is 97.1 Å². The summed E-state index contributed by atoms with van der Waals surface area (Å²) in [5, 5.41) is 16.3. The molecule has 5 aromatic carbocycles. The van der Waals surface area contributed by atoms with Crippen molar-refractivity contribution in [1.29, 1.82) is 0 Å². The third-order valence-corrected chi connectivity index (χ3v) is 6.53. The van der Waals surface area contributed by atoms with Gasteiger partial charge in [0.25, 0.3) is 5.91 Å². The molecule has 0 radical (unpaired) electrons. The Morgan fingerprint density at radius 3 is 1.94 bits per heavy atom. The summed E-state index contributed by atoms with van der Waals surface area (Å²) in [6.45, 7) is 0.382. The van der Waals surface area contributed by atoms with E-state index in [4.69, 9.17) is 0 Å². The summed E-state index contributed by atoms with van der Waals surface area (Å²) in [6, 6.07) is 35.5. The van der Waals surface area contributed by atoms with Crippen LogP contribution in [-0.4, -0.2) is 11.0 Å². The molecular weight excluding hydrogens is 394 g/mol. The van der Waals surface area contributed by atoms with Crippen LogP contribution in [-0.2, 0) is 16.9 Å². The molecule has 0 unspecified atom stereocenters. The highest BCUT2D eigenvalue weighted by Gasteiger charge is 2.50. The average molecular weight is 415 g/mol. The molecule has 1 amide bonds. The first-order valence-corrected chi connectivity index (χ1v) is 10.8. The SMILES string of the molecule is O=C1N(Cc2c3ccccc3cc3ccccc23)c2ccccc2[C@]1(O)c1ccccc1. The molecule has 1 atom stereocenters. The van der Waals surface area contributed by atoms with Gasteiger partial charge in [0.2, 0.25) is 0 Å². The number of hydrogen-bond donors (Lipinski definition) is 1. The highest BCUT2D eigenvalue weighted by molar-refractivity contribution is 6.10.